The Hall–Kier alpha value is -1.20. The van der Waals surface area contributed by atoms with E-state index in [1.54, 1.807) is 4.90 Å². The maximum atomic E-state index is 12.0. The molecule has 0 atom stereocenters. The summed E-state index contributed by atoms with van der Waals surface area (Å²) in [6.45, 7) is 5.75. The van der Waals surface area contributed by atoms with Crippen LogP contribution in [0.1, 0.15) is 20.3 Å². The highest BCUT2D eigenvalue weighted by molar-refractivity contribution is 8.00. The summed E-state index contributed by atoms with van der Waals surface area (Å²) in [4.78, 5) is 14.8. The SMILES string of the molecule is CCCN(CCO)C(=O)CSc1ccc(OCC)cc1. The smallest absolute Gasteiger partial charge is 0.233 e. The van der Waals surface area contributed by atoms with Crippen LogP contribution in [0.5, 0.6) is 5.75 Å². The maximum absolute atomic E-state index is 12.0. The number of ether oxygens (including phenoxy) is 1. The molecule has 0 bridgehead atoms. The highest BCUT2D eigenvalue weighted by atomic mass is 32.2. The van der Waals surface area contributed by atoms with E-state index >= 15 is 0 Å². The van der Waals surface area contributed by atoms with Crippen molar-refractivity contribution in [3.05, 3.63) is 24.3 Å². The molecule has 0 saturated heterocycles. The monoisotopic (exact) mass is 297 g/mol. The Morgan fingerprint density at radius 1 is 1.25 bits per heavy atom. The number of hydrogen-bond donors (Lipinski definition) is 1. The molecule has 1 N–H and O–H groups in total. The Labute approximate surface area is 125 Å². The third-order valence-corrected chi connectivity index (χ3v) is 3.71. The van der Waals surface area contributed by atoms with Gasteiger partial charge in [-0.05, 0) is 37.6 Å². The van der Waals surface area contributed by atoms with E-state index in [0.717, 1.165) is 17.1 Å². The first-order chi connectivity index (χ1) is 9.71. The Bertz CT molecular complexity index is 389. The molecule has 0 aliphatic carbocycles. The standard InChI is InChI=1S/C15H23NO3S/c1-3-9-16(10-11-17)15(18)12-20-14-7-5-13(6-8-14)19-4-2/h5-8,17H,3-4,9-12H2,1-2H3. The Kier molecular flexibility index (Phi) is 8.14. The zero-order valence-corrected chi connectivity index (χ0v) is 13.0. The number of nitrogens with zero attached hydrogens (tertiary/aromatic N) is 1. The molecule has 5 heteroatoms. The Morgan fingerprint density at radius 2 is 1.95 bits per heavy atom. The van der Waals surface area contributed by atoms with Gasteiger partial charge in [0, 0.05) is 18.0 Å². The van der Waals surface area contributed by atoms with Crippen molar-refractivity contribution in [3.63, 3.8) is 0 Å². The van der Waals surface area contributed by atoms with Crippen LogP contribution in [0.2, 0.25) is 0 Å². The molecule has 0 fully saturated rings. The van der Waals surface area contributed by atoms with E-state index in [-0.39, 0.29) is 12.5 Å². The highest BCUT2D eigenvalue weighted by Crippen LogP contribution is 2.21. The van der Waals surface area contributed by atoms with E-state index in [2.05, 4.69) is 0 Å². The third-order valence-electron chi connectivity index (χ3n) is 2.71. The molecule has 0 radical (unpaired) electrons. The number of carbonyl (C=O) groups is 1. The molecular formula is C15H23NO3S. The van der Waals surface area contributed by atoms with Crippen LogP contribution in [-0.2, 0) is 4.79 Å². The predicted molar refractivity (Wildman–Crippen MR) is 82.3 cm³/mol. The van der Waals surface area contributed by atoms with Crippen molar-refractivity contribution in [2.75, 3.05) is 32.1 Å². The van der Waals surface area contributed by atoms with Crippen LogP contribution >= 0.6 is 11.8 Å². The average molecular weight is 297 g/mol. The molecule has 20 heavy (non-hydrogen) atoms. The maximum Gasteiger partial charge on any atom is 0.233 e. The van der Waals surface area contributed by atoms with Gasteiger partial charge in [-0.25, -0.2) is 0 Å². The van der Waals surface area contributed by atoms with Crippen LogP contribution in [-0.4, -0.2) is 48.0 Å². The lowest BCUT2D eigenvalue weighted by Crippen LogP contribution is -2.35. The fourth-order valence-electron chi connectivity index (χ4n) is 1.79. The highest BCUT2D eigenvalue weighted by Gasteiger charge is 2.12. The van der Waals surface area contributed by atoms with Crippen LogP contribution < -0.4 is 4.74 Å². The van der Waals surface area contributed by atoms with Gasteiger partial charge in [-0.3, -0.25) is 4.79 Å². The van der Waals surface area contributed by atoms with Crippen LogP contribution in [0.3, 0.4) is 0 Å². The zero-order chi connectivity index (χ0) is 14.8. The van der Waals surface area contributed by atoms with E-state index < -0.39 is 0 Å². The Morgan fingerprint density at radius 3 is 2.50 bits per heavy atom. The van der Waals surface area contributed by atoms with E-state index in [1.165, 1.54) is 11.8 Å². The van der Waals surface area contributed by atoms with Crippen molar-refractivity contribution >= 4 is 17.7 Å². The van der Waals surface area contributed by atoms with Crippen molar-refractivity contribution in [3.8, 4) is 5.75 Å². The van der Waals surface area contributed by atoms with Crippen molar-refractivity contribution in [2.45, 2.75) is 25.2 Å². The van der Waals surface area contributed by atoms with E-state index in [9.17, 15) is 4.79 Å². The fourth-order valence-corrected chi connectivity index (χ4v) is 2.59. The number of hydrogen-bond acceptors (Lipinski definition) is 4. The second-order valence-corrected chi connectivity index (χ2v) is 5.35. The minimum absolute atomic E-state index is 0.0134. The van der Waals surface area contributed by atoms with E-state index in [1.807, 2.05) is 38.1 Å². The molecule has 0 heterocycles. The predicted octanol–water partition coefficient (Wildman–Crippen LogP) is 2.41. The molecule has 0 aliphatic rings. The molecule has 0 spiro atoms. The first-order valence-corrected chi connectivity index (χ1v) is 7.94. The molecule has 112 valence electrons. The van der Waals surface area contributed by atoms with Crippen LogP contribution in [0.4, 0.5) is 0 Å². The summed E-state index contributed by atoms with van der Waals surface area (Å²) in [7, 11) is 0. The molecule has 4 nitrogen and oxygen atoms in total. The summed E-state index contributed by atoms with van der Waals surface area (Å²) in [6.07, 6.45) is 0.902. The van der Waals surface area contributed by atoms with Crippen molar-refractivity contribution in [1.29, 1.82) is 0 Å². The lowest BCUT2D eigenvalue weighted by Gasteiger charge is -2.20. The minimum Gasteiger partial charge on any atom is -0.494 e. The van der Waals surface area contributed by atoms with Crippen LogP contribution in [0, 0.1) is 0 Å². The van der Waals surface area contributed by atoms with Gasteiger partial charge in [0.15, 0.2) is 0 Å². The normalized spacial score (nSPS) is 10.3. The second-order valence-electron chi connectivity index (χ2n) is 4.30. The molecule has 1 amide bonds. The minimum atomic E-state index is 0.0134. The molecule has 1 rings (SSSR count). The third kappa shape index (κ3) is 5.84. The summed E-state index contributed by atoms with van der Waals surface area (Å²) in [5, 5.41) is 8.96. The van der Waals surface area contributed by atoms with Gasteiger partial charge < -0.3 is 14.7 Å². The quantitative estimate of drug-likeness (QED) is 0.711. The van der Waals surface area contributed by atoms with Gasteiger partial charge in [-0.2, -0.15) is 0 Å². The molecule has 1 aromatic rings. The number of rotatable bonds is 9. The van der Waals surface area contributed by atoms with Crippen molar-refractivity contribution < 1.29 is 14.6 Å². The molecule has 0 saturated carbocycles. The summed E-state index contributed by atoms with van der Waals surface area (Å²) in [5.41, 5.74) is 0. The number of amides is 1. The summed E-state index contributed by atoms with van der Waals surface area (Å²) in [5.74, 6) is 1.31. The largest absolute Gasteiger partial charge is 0.494 e. The van der Waals surface area contributed by atoms with E-state index in [0.29, 0.717) is 25.4 Å². The molecule has 0 aromatic heterocycles. The number of thioether (sulfide) groups is 1. The van der Waals surface area contributed by atoms with Gasteiger partial charge in [0.25, 0.3) is 0 Å². The van der Waals surface area contributed by atoms with Crippen LogP contribution in [0.15, 0.2) is 29.2 Å². The summed E-state index contributed by atoms with van der Waals surface area (Å²) >= 11 is 1.51. The van der Waals surface area contributed by atoms with E-state index in [4.69, 9.17) is 9.84 Å². The number of aliphatic hydroxyl groups excluding tert-OH is 1. The zero-order valence-electron chi connectivity index (χ0n) is 12.2. The van der Waals surface area contributed by atoms with Gasteiger partial charge in [0.05, 0.1) is 19.0 Å². The number of benzene rings is 1. The molecule has 0 unspecified atom stereocenters. The van der Waals surface area contributed by atoms with Gasteiger partial charge in [-0.15, -0.1) is 11.8 Å². The van der Waals surface area contributed by atoms with Gasteiger partial charge in [-0.1, -0.05) is 6.92 Å². The molecular weight excluding hydrogens is 274 g/mol. The lowest BCUT2D eigenvalue weighted by atomic mass is 10.3. The van der Waals surface area contributed by atoms with Crippen molar-refractivity contribution in [2.24, 2.45) is 0 Å². The van der Waals surface area contributed by atoms with Crippen molar-refractivity contribution in [1.82, 2.24) is 4.90 Å². The second kappa shape index (κ2) is 9.66. The molecule has 0 aliphatic heterocycles. The first-order valence-electron chi connectivity index (χ1n) is 6.95. The first kappa shape index (κ1) is 16.9. The molecule has 1 aromatic carbocycles. The summed E-state index contributed by atoms with van der Waals surface area (Å²) in [6, 6.07) is 7.74. The summed E-state index contributed by atoms with van der Waals surface area (Å²) < 4.78 is 5.38. The number of aliphatic hydroxyl groups is 1. The van der Waals surface area contributed by atoms with Gasteiger partial charge in [0.1, 0.15) is 5.75 Å². The lowest BCUT2D eigenvalue weighted by molar-refractivity contribution is -0.128. The topological polar surface area (TPSA) is 49.8 Å². The van der Waals surface area contributed by atoms with Crippen LogP contribution in [0.25, 0.3) is 0 Å². The van der Waals surface area contributed by atoms with Gasteiger partial charge >= 0.3 is 0 Å². The van der Waals surface area contributed by atoms with Gasteiger partial charge in [0.2, 0.25) is 5.91 Å². The fraction of sp³-hybridized carbons (Fsp3) is 0.533. The number of carbonyl (C=O) groups excluding carboxylic acids is 1. The average Bonchev–Trinajstić information content (AvgIpc) is 2.46. The Balaban J connectivity index is 2.46.